The Morgan fingerprint density at radius 2 is 2.00 bits per heavy atom. The van der Waals surface area contributed by atoms with Crippen LogP contribution >= 0.6 is 0 Å². The predicted octanol–water partition coefficient (Wildman–Crippen LogP) is 2.46. The van der Waals surface area contributed by atoms with Crippen LogP contribution in [0.1, 0.15) is 51.9 Å². The van der Waals surface area contributed by atoms with Gasteiger partial charge in [0.05, 0.1) is 18.3 Å². The van der Waals surface area contributed by atoms with E-state index in [2.05, 4.69) is 25.7 Å². The number of nitrogens with one attached hydrogen (secondary N) is 2. The minimum Gasteiger partial charge on any atom is -0.494 e. The summed E-state index contributed by atoms with van der Waals surface area (Å²) in [4.78, 5) is 46.1. The molecule has 4 N–H and O–H groups in total. The molecule has 3 aromatic heterocycles. The van der Waals surface area contributed by atoms with Crippen LogP contribution in [0.4, 0.5) is 5.95 Å². The van der Waals surface area contributed by atoms with Crippen molar-refractivity contribution in [2.45, 2.75) is 46.2 Å². The number of rotatable bonds is 12. The third kappa shape index (κ3) is 6.40. The van der Waals surface area contributed by atoms with Gasteiger partial charge in [-0.3, -0.25) is 29.4 Å². The van der Waals surface area contributed by atoms with Crippen LogP contribution in [0.2, 0.25) is 0 Å². The van der Waals surface area contributed by atoms with E-state index in [4.69, 9.17) is 10.5 Å². The number of fused-ring (bicyclic) bond motifs is 1. The van der Waals surface area contributed by atoms with Crippen LogP contribution in [0, 0.1) is 6.92 Å². The fourth-order valence-electron chi connectivity index (χ4n) is 4.33. The van der Waals surface area contributed by atoms with Crippen molar-refractivity contribution in [3.63, 3.8) is 0 Å². The smallest absolute Gasteiger partial charge is 0.276 e. The number of methoxy groups -OCH3 is 1. The van der Waals surface area contributed by atoms with Gasteiger partial charge < -0.3 is 20.4 Å². The number of carbonyl (C=O) groups excluding carboxylic acids is 3. The second-order valence-electron chi connectivity index (χ2n) is 9.00. The van der Waals surface area contributed by atoms with E-state index in [1.165, 1.54) is 7.11 Å². The van der Waals surface area contributed by atoms with E-state index < -0.39 is 5.91 Å². The molecule has 0 saturated carbocycles. The number of amides is 3. The number of carbonyl (C=O) groups is 3. The van der Waals surface area contributed by atoms with Crippen LogP contribution in [0.5, 0.6) is 5.75 Å². The molecule has 12 heteroatoms. The number of benzene rings is 1. The van der Waals surface area contributed by atoms with Crippen molar-refractivity contribution in [3.05, 3.63) is 65.2 Å². The summed E-state index contributed by atoms with van der Waals surface area (Å²) in [5.41, 5.74) is 8.91. The van der Waals surface area contributed by atoms with Crippen molar-refractivity contribution < 1.29 is 19.1 Å². The first-order valence-corrected chi connectivity index (χ1v) is 12.7. The number of nitrogens with zero attached hydrogens (tertiary/aromatic N) is 5. The number of anilines is 1. The highest BCUT2D eigenvalue weighted by atomic mass is 16.5. The summed E-state index contributed by atoms with van der Waals surface area (Å²) in [5.74, 6) is -0.378. The van der Waals surface area contributed by atoms with E-state index in [1.54, 1.807) is 39.8 Å². The van der Waals surface area contributed by atoms with E-state index in [9.17, 15) is 14.4 Å². The molecule has 1 aromatic carbocycles. The molecule has 4 rings (SSSR count). The zero-order valence-corrected chi connectivity index (χ0v) is 22.2. The first kappa shape index (κ1) is 27.3. The van der Waals surface area contributed by atoms with Crippen molar-refractivity contribution in [2.75, 3.05) is 19.0 Å². The lowest BCUT2D eigenvalue weighted by Gasteiger charge is -2.13. The normalized spacial score (nSPS) is 10.9. The van der Waals surface area contributed by atoms with Crippen molar-refractivity contribution in [3.8, 4) is 5.75 Å². The summed E-state index contributed by atoms with van der Waals surface area (Å²) < 4.78 is 8.97. The molecule has 3 heterocycles. The van der Waals surface area contributed by atoms with Crippen LogP contribution in [0.25, 0.3) is 11.0 Å². The monoisotopic (exact) mass is 532 g/mol. The Morgan fingerprint density at radius 3 is 2.69 bits per heavy atom. The summed E-state index contributed by atoms with van der Waals surface area (Å²) >= 11 is 0. The number of hydrogen-bond donors (Lipinski definition) is 3. The minimum absolute atomic E-state index is 0.0604. The zero-order valence-electron chi connectivity index (χ0n) is 22.2. The predicted molar refractivity (Wildman–Crippen MR) is 146 cm³/mol. The maximum Gasteiger partial charge on any atom is 0.276 e. The Kier molecular flexibility index (Phi) is 8.54. The molecular weight excluding hydrogens is 500 g/mol. The van der Waals surface area contributed by atoms with E-state index >= 15 is 0 Å². The number of hydrogen-bond acceptors (Lipinski definition) is 7. The maximum atomic E-state index is 13.2. The molecular formula is C27H32N8O4. The first-order valence-electron chi connectivity index (χ1n) is 12.7. The second-order valence-corrected chi connectivity index (χ2v) is 9.00. The molecule has 12 nitrogen and oxygen atoms in total. The molecule has 39 heavy (non-hydrogen) atoms. The fourth-order valence-corrected chi connectivity index (χ4v) is 4.33. The van der Waals surface area contributed by atoms with Gasteiger partial charge in [-0.15, -0.1) is 0 Å². The van der Waals surface area contributed by atoms with Gasteiger partial charge in [-0.25, -0.2) is 4.98 Å². The topological polar surface area (TPSA) is 159 Å². The van der Waals surface area contributed by atoms with Crippen LogP contribution in [-0.2, 0) is 24.3 Å². The number of imidazole rings is 1. The SMILES string of the molecule is CCn1nc(C)cc1C(=O)Nc1nc2cc(C(N)=O)cc(OC)c2n1CCCNC(=O)CCc1cccnc1. The highest BCUT2D eigenvalue weighted by Crippen LogP contribution is 2.31. The van der Waals surface area contributed by atoms with Gasteiger partial charge in [0.2, 0.25) is 17.8 Å². The van der Waals surface area contributed by atoms with Crippen molar-refractivity contribution in [1.82, 2.24) is 29.6 Å². The molecule has 3 amide bonds. The zero-order chi connectivity index (χ0) is 27.9. The summed E-state index contributed by atoms with van der Waals surface area (Å²) in [7, 11) is 1.49. The molecule has 0 atom stereocenters. The summed E-state index contributed by atoms with van der Waals surface area (Å²) in [6.45, 7) is 5.08. The van der Waals surface area contributed by atoms with Gasteiger partial charge in [-0.05, 0) is 56.5 Å². The number of primary amides is 1. The standard InChI is InChI=1S/C27H32N8O4/c1-4-35-21(13-17(2)33-35)26(38)32-27-31-20-14-19(25(28)37)15-22(39-3)24(20)34(27)12-6-11-30-23(36)9-8-18-7-5-10-29-16-18/h5,7,10,13-16H,4,6,8-9,11-12H2,1-3H3,(H2,28,37)(H,30,36)(H,31,32,38). The number of aryl methyl sites for hydroxylation is 4. The Bertz CT molecular complexity index is 1490. The maximum absolute atomic E-state index is 13.2. The highest BCUT2D eigenvalue weighted by Gasteiger charge is 2.21. The average Bonchev–Trinajstić information content (AvgIpc) is 3.49. The minimum atomic E-state index is -0.619. The average molecular weight is 533 g/mol. The lowest BCUT2D eigenvalue weighted by atomic mass is 10.1. The number of nitrogens with two attached hydrogens (primary N) is 1. The molecule has 0 aliphatic heterocycles. The van der Waals surface area contributed by atoms with Gasteiger partial charge in [0.25, 0.3) is 5.91 Å². The Balaban J connectivity index is 1.53. The molecule has 4 aromatic rings. The van der Waals surface area contributed by atoms with E-state index in [1.807, 2.05) is 26.0 Å². The molecule has 0 unspecified atom stereocenters. The Labute approximate surface area is 225 Å². The van der Waals surface area contributed by atoms with Gasteiger partial charge in [0, 0.05) is 44.0 Å². The molecule has 0 fully saturated rings. The largest absolute Gasteiger partial charge is 0.494 e. The molecule has 0 saturated heterocycles. The summed E-state index contributed by atoms with van der Waals surface area (Å²) in [6.07, 6.45) is 4.96. The van der Waals surface area contributed by atoms with Crippen molar-refractivity contribution in [1.29, 1.82) is 0 Å². The third-order valence-corrected chi connectivity index (χ3v) is 6.22. The lowest BCUT2D eigenvalue weighted by molar-refractivity contribution is -0.121. The van der Waals surface area contributed by atoms with Gasteiger partial charge in [0.15, 0.2) is 0 Å². The quantitative estimate of drug-likeness (QED) is 0.236. The Morgan fingerprint density at radius 1 is 1.18 bits per heavy atom. The van der Waals surface area contributed by atoms with E-state index in [0.717, 1.165) is 11.3 Å². The molecule has 0 aliphatic rings. The third-order valence-electron chi connectivity index (χ3n) is 6.22. The number of aromatic nitrogens is 5. The lowest BCUT2D eigenvalue weighted by Crippen LogP contribution is -2.26. The van der Waals surface area contributed by atoms with Gasteiger partial charge in [-0.1, -0.05) is 6.07 Å². The Hall–Kier alpha value is -4.74. The first-order chi connectivity index (χ1) is 18.8. The van der Waals surface area contributed by atoms with E-state index in [-0.39, 0.29) is 23.3 Å². The van der Waals surface area contributed by atoms with Crippen LogP contribution < -0.4 is 21.1 Å². The summed E-state index contributed by atoms with van der Waals surface area (Å²) in [5, 5.41) is 10.2. The van der Waals surface area contributed by atoms with E-state index in [0.29, 0.717) is 61.4 Å². The highest BCUT2D eigenvalue weighted by molar-refractivity contribution is 6.04. The fraction of sp³-hybridized carbons (Fsp3) is 0.333. The van der Waals surface area contributed by atoms with Crippen LogP contribution in [-0.4, -0.2) is 55.7 Å². The van der Waals surface area contributed by atoms with Crippen LogP contribution in [0.15, 0.2) is 42.7 Å². The second kappa shape index (κ2) is 12.2. The van der Waals surface area contributed by atoms with Crippen molar-refractivity contribution >= 4 is 34.7 Å². The summed E-state index contributed by atoms with van der Waals surface area (Å²) in [6, 6.07) is 8.60. The van der Waals surface area contributed by atoms with Crippen molar-refractivity contribution in [2.24, 2.45) is 5.73 Å². The molecule has 0 spiro atoms. The molecule has 204 valence electrons. The number of pyridine rings is 1. The van der Waals surface area contributed by atoms with Gasteiger partial charge >= 0.3 is 0 Å². The molecule has 0 radical (unpaired) electrons. The molecule has 0 aliphatic carbocycles. The van der Waals surface area contributed by atoms with Gasteiger partial charge in [-0.2, -0.15) is 5.10 Å². The van der Waals surface area contributed by atoms with Gasteiger partial charge in [0.1, 0.15) is 17.0 Å². The van der Waals surface area contributed by atoms with Crippen LogP contribution in [0.3, 0.4) is 0 Å². The number of ether oxygens (including phenoxy) is 1. The molecule has 0 bridgehead atoms.